The first-order valence-electron chi connectivity index (χ1n) is 9.12. The van der Waals surface area contributed by atoms with E-state index in [9.17, 15) is 19.7 Å². The number of morpholine rings is 1. The molecule has 1 atom stereocenters. The molecule has 2 aliphatic rings. The average molecular weight is 425 g/mol. The van der Waals surface area contributed by atoms with Crippen molar-refractivity contribution in [2.75, 3.05) is 39.5 Å². The van der Waals surface area contributed by atoms with E-state index in [2.05, 4.69) is 10.6 Å². The second-order valence-electron chi connectivity index (χ2n) is 6.50. The summed E-state index contributed by atoms with van der Waals surface area (Å²) in [6, 6.07) is 2.74. The van der Waals surface area contributed by atoms with Crippen molar-refractivity contribution >= 4 is 29.3 Å². The number of amides is 2. The summed E-state index contributed by atoms with van der Waals surface area (Å²) in [5.74, 6) is -0.606. The monoisotopic (exact) mass is 424 g/mol. The van der Waals surface area contributed by atoms with Crippen LogP contribution < -0.4 is 10.6 Å². The predicted octanol–water partition coefficient (Wildman–Crippen LogP) is 1.75. The molecule has 2 amide bonds. The maximum Gasteiger partial charge on any atom is 0.338 e. The van der Waals surface area contributed by atoms with E-state index in [-0.39, 0.29) is 22.9 Å². The molecule has 11 heteroatoms. The van der Waals surface area contributed by atoms with Crippen LogP contribution in [-0.4, -0.2) is 61.3 Å². The summed E-state index contributed by atoms with van der Waals surface area (Å²) in [4.78, 5) is 37.7. The highest BCUT2D eigenvalue weighted by molar-refractivity contribution is 6.32. The number of urea groups is 1. The van der Waals surface area contributed by atoms with E-state index in [0.717, 1.165) is 0 Å². The molecule has 1 fully saturated rings. The highest BCUT2D eigenvalue weighted by Gasteiger charge is 2.35. The number of rotatable bonds is 6. The molecule has 2 N–H and O–H groups in total. The molecule has 2 heterocycles. The molecule has 156 valence electrons. The van der Waals surface area contributed by atoms with Crippen molar-refractivity contribution in [3.8, 4) is 0 Å². The van der Waals surface area contributed by atoms with Gasteiger partial charge in [0.2, 0.25) is 0 Å². The average Bonchev–Trinajstić information content (AvgIpc) is 2.68. The molecule has 29 heavy (non-hydrogen) atoms. The molecule has 0 aliphatic carbocycles. The lowest BCUT2D eigenvalue weighted by Gasteiger charge is -2.33. The molecule has 2 aliphatic heterocycles. The third-order valence-electron chi connectivity index (χ3n) is 4.63. The molecule has 1 aromatic carbocycles. The van der Waals surface area contributed by atoms with Crippen LogP contribution in [0.25, 0.3) is 0 Å². The van der Waals surface area contributed by atoms with Crippen LogP contribution in [0.15, 0.2) is 29.5 Å². The zero-order chi connectivity index (χ0) is 21.0. The molecule has 0 bridgehead atoms. The Morgan fingerprint density at radius 2 is 2.14 bits per heavy atom. The summed E-state index contributed by atoms with van der Waals surface area (Å²) < 4.78 is 10.5. The topological polar surface area (TPSA) is 123 Å². The van der Waals surface area contributed by atoms with Crippen LogP contribution in [0, 0.1) is 10.1 Å². The second-order valence-corrected chi connectivity index (χ2v) is 6.91. The van der Waals surface area contributed by atoms with Crippen molar-refractivity contribution in [3.63, 3.8) is 0 Å². The summed E-state index contributed by atoms with van der Waals surface area (Å²) >= 11 is 5.90. The van der Waals surface area contributed by atoms with E-state index in [4.69, 9.17) is 21.1 Å². The van der Waals surface area contributed by atoms with Crippen LogP contribution in [-0.2, 0) is 14.3 Å². The van der Waals surface area contributed by atoms with Crippen LogP contribution in [0.5, 0.6) is 0 Å². The van der Waals surface area contributed by atoms with Crippen LogP contribution >= 0.6 is 11.6 Å². The number of nitro benzene ring substituents is 1. The van der Waals surface area contributed by atoms with Gasteiger partial charge in [-0.3, -0.25) is 15.0 Å². The van der Waals surface area contributed by atoms with Crippen molar-refractivity contribution in [3.05, 3.63) is 50.2 Å². The molecule has 0 spiro atoms. The Morgan fingerprint density at radius 1 is 1.41 bits per heavy atom. The summed E-state index contributed by atoms with van der Waals surface area (Å²) in [7, 11) is 0. The fraction of sp³-hybridized carbons (Fsp3) is 0.444. The lowest BCUT2D eigenvalue weighted by atomic mass is 9.94. The minimum absolute atomic E-state index is 0.0331. The summed E-state index contributed by atoms with van der Waals surface area (Å²) in [6.07, 6.45) is 0. The van der Waals surface area contributed by atoms with E-state index < -0.39 is 23.0 Å². The van der Waals surface area contributed by atoms with Gasteiger partial charge in [0.25, 0.3) is 5.69 Å². The first kappa shape index (κ1) is 21.0. The lowest BCUT2D eigenvalue weighted by molar-refractivity contribution is -0.384. The Balaban J connectivity index is 2.04. The second kappa shape index (κ2) is 9.21. The van der Waals surface area contributed by atoms with Crippen molar-refractivity contribution in [1.82, 2.24) is 15.5 Å². The number of carbonyl (C=O) groups is 2. The van der Waals surface area contributed by atoms with Gasteiger partial charge in [-0.1, -0.05) is 17.7 Å². The molecule has 10 nitrogen and oxygen atoms in total. The third kappa shape index (κ3) is 4.84. The van der Waals surface area contributed by atoms with E-state index in [1.807, 2.05) is 4.90 Å². The number of hydrogen-bond donors (Lipinski definition) is 2. The van der Waals surface area contributed by atoms with Crippen molar-refractivity contribution in [1.29, 1.82) is 0 Å². The molecule has 0 saturated carbocycles. The number of nitrogens with one attached hydrogen (secondary N) is 2. The Hall–Kier alpha value is -2.69. The zero-order valence-corrected chi connectivity index (χ0v) is 16.5. The SMILES string of the molecule is CCOC(=O)C1=C(CN2CCOCC2)NC(=O)NC1c1ccc(Cl)c([N+](=O)[O-])c1. The van der Waals surface area contributed by atoms with Gasteiger partial charge in [0.05, 0.1) is 36.4 Å². The maximum absolute atomic E-state index is 12.8. The molecule has 0 aromatic heterocycles. The Morgan fingerprint density at radius 3 is 2.79 bits per heavy atom. The number of carbonyl (C=O) groups excluding carboxylic acids is 2. The minimum atomic E-state index is -0.908. The largest absolute Gasteiger partial charge is 0.463 e. The fourth-order valence-electron chi connectivity index (χ4n) is 3.27. The highest BCUT2D eigenvalue weighted by Crippen LogP contribution is 2.33. The predicted molar refractivity (Wildman–Crippen MR) is 103 cm³/mol. The van der Waals surface area contributed by atoms with Gasteiger partial charge in [0.15, 0.2) is 0 Å². The normalized spacial score (nSPS) is 20.1. The number of esters is 1. The third-order valence-corrected chi connectivity index (χ3v) is 4.95. The summed E-state index contributed by atoms with van der Waals surface area (Å²) in [5.41, 5.74) is 0.652. The number of halogens is 1. The van der Waals surface area contributed by atoms with E-state index >= 15 is 0 Å². The number of benzene rings is 1. The standard InChI is InChI=1S/C18H21ClN4O6/c1-2-29-17(24)15-13(10-22-5-7-28-8-6-22)20-18(25)21-16(15)11-3-4-12(19)14(9-11)23(26)27/h3-4,9,16H,2,5-8,10H2,1H3,(H2,20,21,25). The van der Waals surface area contributed by atoms with Gasteiger partial charge in [-0.2, -0.15) is 0 Å². The zero-order valence-electron chi connectivity index (χ0n) is 15.8. The molecular formula is C18H21ClN4O6. The first-order chi connectivity index (χ1) is 13.9. The van der Waals surface area contributed by atoms with Crippen LogP contribution in [0.2, 0.25) is 5.02 Å². The lowest BCUT2D eigenvalue weighted by Crippen LogP contribution is -2.49. The van der Waals surface area contributed by atoms with E-state index in [1.54, 1.807) is 6.92 Å². The molecule has 1 saturated heterocycles. The van der Waals surface area contributed by atoms with E-state index in [1.165, 1.54) is 18.2 Å². The van der Waals surface area contributed by atoms with Gasteiger partial charge in [0, 0.05) is 31.4 Å². The Labute approximate surface area is 171 Å². The quantitative estimate of drug-likeness (QED) is 0.405. The van der Waals surface area contributed by atoms with Crippen LogP contribution in [0.1, 0.15) is 18.5 Å². The van der Waals surface area contributed by atoms with E-state index in [0.29, 0.717) is 44.1 Å². The van der Waals surface area contributed by atoms with Gasteiger partial charge >= 0.3 is 12.0 Å². The number of hydrogen-bond acceptors (Lipinski definition) is 7. The molecule has 3 rings (SSSR count). The Kier molecular flexibility index (Phi) is 6.68. The highest BCUT2D eigenvalue weighted by atomic mass is 35.5. The van der Waals surface area contributed by atoms with Crippen molar-refractivity contribution < 1.29 is 24.0 Å². The molecule has 1 aromatic rings. The van der Waals surface area contributed by atoms with Crippen LogP contribution in [0.3, 0.4) is 0 Å². The van der Waals surface area contributed by atoms with Gasteiger partial charge < -0.3 is 20.1 Å². The van der Waals surface area contributed by atoms with Gasteiger partial charge in [-0.15, -0.1) is 0 Å². The number of nitro groups is 1. The minimum Gasteiger partial charge on any atom is -0.463 e. The number of ether oxygens (including phenoxy) is 2. The molecular weight excluding hydrogens is 404 g/mol. The Bertz CT molecular complexity index is 853. The van der Waals surface area contributed by atoms with Gasteiger partial charge in [-0.05, 0) is 18.6 Å². The molecule has 0 radical (unpaired) electrons. The molecule has 1 unspecified atom stereocenters. The van der Waals surface area contributed by atoms with Crippen molar-refractivity contribution in [2.45, 2.75) is 13.0 Å². The van der Waals surface area contributed by atoms with Crippen LogP contribution in [0.4, 0.5) is 10.5 Å². The number of nitrogens with zero attached hydrogens (tertiary/aromatic N) is 2. The first-order valence-corrected chi connectivity index (χ1v) is 9.50. The van der Waals surface area contributed by atoms with Gasteiger partial charge in [0.1, 0.15) is 5.02 Å². The fourth-order valence-corrected chi connectivity index (χ4v) is 3.46. The van der Waals surface area contributed by atoms with Gasteiger partial charge in [-0.25, -0.2) is 9.59 Å². The summed E-state index contributed by atoms with van der Waals surface area (Å²) in [6.45, 7) is 4.56. The van der Waals surface area contributed by atoms with Crippen molar-refractivity contribution in [2.24, 2.45) is 0 Å². The summed E-state index contributed by atoms with van der Waals surface area (Å²) in [5, 5.41) is 16.6. The smallest absolute Gasteiger partial charge is 0.338 e. The maximum atomic E-state index is 12.8.